The van der Waals surface area contributed by atoms with E-state index >= 15 is 0 Å². The number of rotatable bonds is 9. The van der Waals surface area contributed by atoms with Gasteiger partial charge in [-0.15, -0.1) is 18.3 Å². The minimum Gasteiger partial charge on any atom is -0.466 e. The van der Waals surface area contributed by atoms with E-state index in [1.54, 1.807) is 58.8 Å². The molecule has 2 amide bonds. The van der Waals surface area contributed by atoms with E-state index in [2.05, 4.69) is 13.5 Å². The maximum absolute atomic E-state index is 14.8. The van der Waals surface area contributed by atoms with Gasteiger partial charge in [-0.1, -0.05) is 67.1 Å². The second kappa shape index (κ2) is 11.0. The summed E-state index contributed by atoms with van der Waals surface area (Å²) in [7, 11) is 0. The molecular weight excluding hydrogens is 536 g/mol. The van der Waals surface area contributed by atoms with Gasteiger partial charge in [0, 0.05) is 11.8 Å². The zero-order valence-electron chi connectivity index (χ0n) is 22.0. The van der Waals surface area contributed by atoms with Crippen LogP contribution in [0, 0.1) is 17.8 Å². The van der Waals surface area contributed by atoms with Crippen LogP contribution in [0.4, 0.5) is 5.69 Å². The van der Waals surface area contributed by atoms with Crippen LogP contribution < -0.4 is 4.90 Å². The number of amides is 2. The Balaban J connectivity index is 1.69. The van der Waals surface area contributed by atoms with Crippen molar-refractivity contribution < 1.29 is 24.2 Å². The highest BCUT2D eigenvalue weighted by atomic mass is 35.5. The molecule has 0 radical (unpaired) electrons. The predicted molar refractivity (Wildman–Crippen MR) is 152 cm³/mol. The first kappa shape index (κ1) is 27.7. The van der Waals surface area contributed by atoms with Crippen molar-refractivity contribution >= 4 is 46.8 Å². The number of nitrogens with zero attached hydrogens (tertiary/aromatic N) is 2. The molecular formula is C30H33ClN2O5S. The molecule has 5 rings (SSSR count). The minimum absolute atomic E-state index is 0.0296. The SMILES string of the molecule is C=CCN(C(=O)C1N([C@H](CO)c2ccccc2)C(=O)[C@@H]2[C@@H](C(=O)OCC)[C@H]3CC(C)C12S3)c1ccccc1Cl. The summed E-state index contributed by atoms with van der Waals surface area (Å²) in [6, 6.07) is 14.6. The highest BCUT2D eigenvalue weighted by molar-refractivity contribution is 8.02. The number of fused-ring (bicyclic) bond motifs is 1. The van der Waals surface area contributed by atoms with E-state index in [9.17, 15) is 19.5 Å². The monoisotopic (exact) mass is 568 g/mol. The van der Waals surface area contributed by atoms with Gasteiger partial charge in [-0.25, -0.2) is 0 Å². The van der Waals surface area contributed by atoms with Crippen LogP contribution in [0.25, 0.3) is 0 Å². The molecule has 39 heavy (non-hydrogen) atoms. The normalized spacial score (nSPS) is 29.7. The van der Waals surface area contributed by atoms with E-state index < -0.39 is 34.6 Å². The van der Waals surface area contributed by atoms with Gasteiger partial charge in [0.2, 0.25) is 5.91 Å². The fourth-order valence-electron chi connectivity index (χ4n) is 6.87. The lowest BCUT2D eigenvalue weighted by Crippen LogP contribution is -2.58. The van der Waals surface area contributed by atoms with Gasteiger partial charge in [-0.2, -0.15) is 0 Å². The minimum atomic E-state index is -0.937. The number of aliphatic hydroxyl groups excluding tert-OH is 1. The lowest BCUT2D eigenvalue weighted by Gasteiger charge is -2.42. The third-order valence-corrected chi connectivity index (χ3v) is 10.8. The van der Waals surface area contributed by atoms with Gasteiger partial charge >= 0.3 is 5.97 Å². The molecule has 0 aromatic heterocycles. The number of hydrogen-bond acceptors (Lipinski definition) is 6. The fraction of sp³-hybridized carbons (Fsp3) is 0.433. The summed E-state index contributed by atoms with van der Waals surface area (Å²) in [4.78, 5) is 45.6. The van der Waals surface area contributed by atoms with Gasteiger partial charge in [0.1, 0.15) is 6.04 Å². The maximum atomic E-state index is 14.8. The van der Waals surface area contributed by atoms with Crippen LogP contribution in [0.2, 0.25) is 5.02 Å². The third-order valence-electron chi connectivity index (χ3n) is 8.39. The maximum Gasteiger partial charge on any atom is 0.310 e. The Labute approximate surface area is 238 Å². The number of benzene rings is 2. The van der Waals surface area contributed by atoms with E-state index in [4.69, 9.17) is 16.3 Å². The Kier molecular flexibility index (Phi) is 7.82. The van der Waals surface area contributed by atoms with Crippen LogP contribution >= 0.6 is 23.4 Å². The molecule has 3 heterocycles. The lowest BCUT2D eigenvalue weighted by atomic mass is 9.66. The van der Waals surface area contributed by atoms with E-state index in [1.807, 2.05) is 30.3 Å². The Morgan fingerprint density at radius 3 is 2.59 bits per heavy atom. The number of hydrogen-bond donors (Lipinski definition) is 1. The topological polar surface area (TPSA) is 87.2 Å². The summed E-state index contributed by atoms with van der Waals surface area (Å²) in [5.74, 6) is -2.42. The molecule has 3 aliphatic heterocycles. The van der Waals surface area contributed by atoms with E-state index in [-0.39, 0.29) is 42.7 Å². The molecule has 2 bridgehead atoms. The zero-order chi connectivity index (χ0) is 27.9. The average Bonchev–Trinajstić information content (AvgIpc) is 3.53. The number of para-hydroxylation sites is 1. The molecule has 0 saturated carbocycles. The number of carbonyl (C=O) groups is 3. The third kappa shape index (κ3) is 4.28. The number of anilines is 1. The van der Waals surface area contributed by atoms with Crippen molar-refractivity contribution in [2.24, 2.45) is 17.8 Å². The molecule has 7 nitrogen and oxygen atoms in total. The van der Waals surface area contributed by atoms with Crippen molar-refractivity contribution in [3.05, 3.63) is 77.8 Å². The van der Waals surface area contributed by atoms with Crippen molar-refractivity contribution in [1.29, 1.82) is 0 Å². The van der Waals surface area contributed by atoms with Gasteiger partial charge in [-0.05, 0) is 37.0 Å². The molecule has 2 aromatic rings. The van der Waals surface area contributed by atoms with Crippen molar-refractivity contribution in [3.63, 3.8) is 0 Å². The number of likely N-dealkylation sites (tertiary alicyclic amines) is 1. The van der Waals surface area contributed by atoms with Gasteiger partial charge in [0.25, 0.3) is 5.91 Å². The lowest BCUT2D eigenvalue weighted by molar-refractivity contribution is -0.154. The smallest absolute Gasteiger partial charge is 0.310 e. The number of halogens is 1. The van der Waals surface area contributed by atoms with Crippen LogP contribution in [0.15, 0.2) is 67.3 Å². The van der Waals surface area contributed by atoms with Crippen molar-refractivity contribution in [2.75, 3.05) is 24.7 Å². The molecule has 0 aliphatic carbocycles. The summed E-state index contributed by atoms with van der Waals surface area (Å²) in [5.41, 5.74) is 1.24. The zero-order valence-corrected chi connectivity index (χ0v) is 23.6. The van der Waals surface area contributed by atoms with Crippen LogP contribution in [0.1, 0.15) is 31.9 Å². The molecule has 206 valence electrons. The van der Waals surface area contributed by atoms with E-state index in [0.29, 0.717) is 17.1 Å². The Bertz CT molecular complexity index is 1280. The van der Waals surface area contributed by atoms with Crippen molar-refractivity contribution in [2.45, 2.75) is 42.3 Å². The quantitative estimate of drug-likeness (QED) is 0.354. The molecule has 7 atom stereocenters. The highest BCUT2D eigenvalue weighted by Crippen LogP contribution is 2.69. The fourth-order valence-corrected chi connectivity index (χ4v) is 9.49. The molecule has 3 fully saturated rings. The van der Waals surface area contributed by atoms with Crippen LogP contribution in [-0.4, -0.2) is 63.6 Å². The van der Waals surface area contributed by atoms with Gasteiger partial charge < -0.3 is 19.6 Å². The number of ether oxygens (including phenoxy) is 1. The predicted octanol–water partition coefficient (Wildman–Crippen LogP) is 4.49. The largest absolute Gasteiger partial charge is 0.466 e. The standard InChI is InChI=1S/C30H33ClN2O5S/c1-4-15-32(21-14-10-9-13-20(21)31)28(36)26-30-18(3)16-23(39-30)24(29(37)38-5-2)25(30)27(35)33(26)22(17-34)19-11-7-6-8-12-19/h4,6-14,18,22-26,34H,1,5,15-17H2,2-3H3/t18?,22-,23-,24+,25+,26?,30?/m1/s1. The summed E-state index contributed by atoms with van der Waals surface area (Å²) in [5, 5.41) is 10.9. The summed E-state index contributed by atoms with van der Waals surface area (Å²) in [6.07, 6.45) is 2.32. The summed E-state index contributed by atoms with van der Waals surface area (Å²) < 4.78 is 4.58. The van der Waals surface area contributed by atoms with Crippen LogP contribution in [0.3, 0.4) is 0 Å². The Morgan fingerprint density at radius 2 is 1.95 bits per heavy atom. The van der Waals surface area contributed by atoms with Crippen molar-refractivity contribution in [3.8, 4) is 0 Å². The second-order valence-electron chi connectivity index (χ2n) is 10.3. The summed E-state index contributed by atoms with van der Waals surface area (Å²) >= 11 is 8.13. The van der Waals surface area contributed by atoms with E-state index in [1.165, 1.54) is 0 Å². The molecule has 2 aromatic carbocycles. The molecule has 1 N–H and O–H groups in total. The second-order valence-corrected chi connectivity index (χ2v) is 12.3. The van der Waals surface area contributed by atoms with Crippen LogP contribution in [-0.2, 0) is 19.1 Å². The van der Waals surface area contributed by atoms with E-state index in [0.717, 1.165) is 5.56 Å². The first-order chi connectivity index (χ1) is 18.8. The highest BCUT2D eigenvalue weighted by Gasteiger charge is 2.77. The number of esters is 1. The molecule has 1 spiro atoms. The number of aliphatic hydroxyl groups is 1. The molecule has 3 aliphatic rings. The van der Waals surface area contributed by atoms with Gasteiger partial charge in [0.05, 0.1) is 46.5 Å². The first-order valence-electron chi connectivity index (χ1n) is 13.3. The average molecular weight is 569 g/mol. The van der Waals surface area contributed by atoms with Gasteiger partial charge in [0.15, 0.2) is 0 Å². The molecule has 3 saturated heterocycles. The van der Waals surface area contributed by atoms with Crippen molar-refractivity contribution in [1.82, 2.24) is 4.90 Å². The Hall–Kier alpha value is -2.81. The molecule has 3 unspecified atom stereocenters. The van der Waals surface area contributed by atoms with Crippen LogP contribution in [0.5, 0.6) is 0 Å². The summed E-state index contributed by atoms with van der Waals surface area (Å²) in [6.45, 7) is 7.69. The number of thioether (sulfide) groups is 1. The number of carbonyl (C=O) groups excluding carboxylic acids is 3. The first-order valence-corrected chi connectivity index (χ1v) is 14.6. The molecule has 9 heteroatoms. The Morgan fingerprint density at radius 1 is 1.26 bits per heavy atom. The van der Waals surface area contributed by atoms with Gasteiger partial charge in [-0.3, -0.25) is 14.4 Å².